The van der Waals surface area contributed by atoms with Crippen LogP contribution in [0.15, 0.2) is 59.8 Å². The number of nitrogens with one attached hydrogen (secondary N) is 1. The number of anilines is 2. The highest BCUT2D eigenvalue weighted by atomic mass is 35.5. The van der Waals surface area contributed by atoms with Crippen molar-refractivity contribution in [3.8, 4) is 0 Å². The van der Waals surface area contributed by atoms with Gasteiger partial charge in [-0.15, -0.1) is 0 Å². The summed E-state index contributed by atoms with van der Waals surface area (Å²) in [6.45, 7) is 3.45. The Kier molecular flexibility index (Phi) is 5.91. The summed E-state index contributed by atoms with van der Waals surface area (Å²) in [6.07, 6.45) is 3.80. The monoisotopic (exact) mass is 552 g/mol. The number of carbonyl (C=O) groups is 1. The number of hydrogen-bond acceptors (Lipinski definition) is 7. The summed E-state index contributed by atoms with van der Waals surface area (Å²) in [5.74, 6) is -0.0235. The van der Waals surface area contributed by atoms with Gasteiger partial charge in [-0.3, -0.25) is 4.79 Å². The normalized spacial score (nSPS) is 16.7. The number of halogens is 1. The Morgan fingerprint density at radius 3 is 2.68 bits per heavy atom. The minimum atomic E-state index is -4.09. The second-order valence-electron chi connectivity index (χ2n) is 9.65. The molecular formula is C26H25ClN6O4S. The largest absolute Gasteiger partial charge is 0.365 e. The summed E-state index contributed by atoms with van der Waals surface area (Å²) in [6, 6.07) is 13.6. The van der Waals surface area contributed by atoms with Gasteiger partial charge >= 0.3 is 0 Å². The molecule has 1 spiro atoms. The minimum Gasteiger partial charge on any atom is -0.365 e. The zero-order valence-electron chi connectivity index (χ0n) is 20.5. The fraction of sp³-hybridized carbons (Fsp3) is 0.269. The van der Waals surface area contributed by atoms with Crippen LogP contribution in [0.1, 0.15) is 39.9 Å². The number of carbonyl (C=O) groups excluding carboxylic acids is 1. The van der Waals surface area contributed by atoms with Crippen LogP contribution in [0.5, 0.6) is 0 Å². The topological polar surface area (TPSA) is 132 Å². The molecule has 2 aromatic heterocycles. The van der Waals surface area contributed by atoms with Crippen LogP contribution in [0.25, 0.3) is 5.65 Å². The molecule has 3 N–H and O–H groups in total. The van der Waals surface area contributed by atoms with Crippen molar-refractivity contribution in [2.45, 2.75) is 36.9 Å². The predicted molar refractivity (Wildman–Crippen MR) is 142 cm³/mol. The molecule has 0 bridgehead atoms. The number of hydrogen-bond donors (Lipinski definition) is 2. The molecule has 4 aromatic rings. The Hall–Kier alpha value is -3.51. The van der Waals surface area contributed by atoms with Crippen LogP contribution in [-0.2, 0) is 27.0 Å². The van der Waals surface area contributed by atoms with E-state index in [0.717, 1.165) is 11.8 Å². The molecule has 6 rings (SSSR count). The number of fused-ring (bicyclic) bond motifs is 3. The third kappa shape index (κ3) is 4.11. The lowest BCUT2D eigenvalue weighted by Crippen LogP contribution is -2.45. The van der Waals surface area contributed by atoms with E-state index >= 15 is 0 Å². The molecule has 0 saturated carbocycles. The van der Waals surface area contributed by atoms with Crippen LogP contribution >= 0.6 is 11.6 Å². The highest BCUT2D eigenvalue weighted by molar-refractivity contribution is 7.89. The molecule has 4 heterocycles. The highest BCUT2D eigenvalue weighted by Gasteiger charge is 2.43. The summed E-state index contributed by atoms with van der Waals surface area (Å²) in [7, 11) is -4.09. The molecule has 2 aromatic carbocycles. The Morgan fingerprint density at radius 2 is 1.92 bits per heavy atom. The van der Waals surface area contributed by atoms with Gasteiger partial charge in [0, 0.05) is 19.3 Å². The number of aromatic nitrogens is 3. The SMILES string of the molecule is Cc1ccc(Cl)c(Nc2c(C(=O)N3CCC4(CC3)OCc3ccccc34)cnc3c(S(N)(=O)=O)cnn23)c1. The van der Waals surface area contributed by atoms with E-state index in [-0.39, 0.29) is 27.8 Å². The van der Waals surface area contributed by atoms with E-state index < -0.39 is 15.6 Å². The number of nitrogens with two attached hydrogens (primary N) is 1. The zero-order valence-corrected chi connectivity index (χ0v) is 22.1. The quantitative estimate of drug-likeness (QED) is 0.394. The Balaban J connectivity index is 1.37. The van der Waals surface area contributed by atoms with Crippen LogP contribution in [0.3, 0.4) is 0 Å². The van der Waals surface area contributed by atoms with Gasteiger partial charge in [0.25, 0.3) is 5.91 Å². The molecule has 0 aliphatic carbocycles. The van der Waals surface area contributed by atoms with Crippen LogP contribution in [0, 0.1) is 6.92 Å². The van der Waals surface area contributed by atoms with Crippen molar-refractivity contribution >= 4 is 44.7 Å². The maximum Gasteiger partial charge on any atom is 0.259 e. The maximum atomic E-state index is 13.8. The van der Waals surface area contributed by atoms with Crippen molar-refractivity contribution in [1.29, 1.82) is 0 Å². The fourth-order valence-corrected chi connectivity index (χ4v) is 6.04. The van der Waals surface area contributed by atoms with E-state index in [0.29, 0.717) is 43.2 Å². The number of aryl methyl sites for hydroxylation is 1. The highest BCUT2D eigenvalue weighted by Crippen LogP contribution is 2.44. The van der Waals surface area contributed by atoms with Gasteiger partial charge in [-0.05, 0) is 48.6 Å². The lowest BCUT2D eigenvalue weighted by Gasteiger charge is -2.39. The van der Waals surface area contributed by atoms with E-state index in [2.05, 4.69) is 27.5 Å². The number of primary sulfonamides is 1. The molecule has 0 atom stereocenters. The number of amides is 1. The van der Waals surface area contributed by atoms with E-state index in [4.69, 9.17) is 21.5 Å². The smallest absolute Gasteiger partial charge is 0.259 e. The molecule has 1 fully saturated rings. The first-order valence-corrected chi connectivity index (χ1v) is 14.0. The van der Waals surface area contributed by atoms with Gasteiger partial charge in [-0.25, -0.2) is 18.5 Å². The lowest BCUT2D eigenvalue weighted by molar-refractivity contribution is -0.0741. The third-order valence-electron chi connectivity index (χ3n) is 7.28. The number of ether oxygens (including phenoxy) is 1. The van der Waals surface area contributed by atoms with Gasteiger partial charge in [0.05, 0.1) is 29.1 Å². The van der Waals surface area contributed by atoms with Crippen molar-refractivity contribution in [2.24, 2.45) is 5.14 Å². The van der Waals surface area contributed by atoms with Crippen molar-refractivity contribution in [1.82, 2.24) is 19.5 Å². The van der Waals surface area contributed by atoms with Crippen LogP contribution in [-0.4, -0.2) is 46.9 Å². The first-order valence-electron chi connectivity index (χ1n) is 12.1. The Morgan fingerprint density at radius 1 is 1.16 bits per heavy atom. The molecule has 0 unspecified atom stereocenters. The van der Waals surface area contributed by atoms with E-state index in [9.17, 15) is 13.2 Å². The van der Waals surface area contributed by atoms with Gasteiger partial charge in [0.1, 0.15) is 16.3 Å². The Labute approximate surface area is 224 Å². The molecule has 1 saturated heterocycles. The van der Waals surface area contributed by atoms with E-state index in [1.54, 1.807) is 11.0 Å². The predicted octanol–water partition coefficient (Wildman–Crippen LogP) is 3.74. The summed E-state index contributed by atoms with van der Waals surface area (Å²) in [4.78, 5) is 19.6. The van der Waals surface area contributed by atoms with Crippen molar-refractivity contribution in [3.05, 3.63) is 82.1 Å². The average Bonchev–Trinajstić information content (AvgIpc) is 3.49. The average molecular weight is 553 g/mol. The standard InChI is InChI=1S/C26H25ClN6O4S/c1-16-6-7-20(27)21(12-16)31-23-18(13-29-24-22(38(28,35)36)14-30-33(23)24)25(34)32-10-8-26(9-11-32)19-5-3-2-4-17(19)15-37-26/h2-7,12-14,31H,8-11,15H2,1H3,(H2,28,35,36). The number of benzene rings is 2. The van der Waals surface area contributed by atoms with Crippen molar-refractivity contribution in [2.75, 3.05) is 18.4 Å². The fourth-order valence-electron chi connectivity index (χ4n) is 5.29. The van der Waals surface area contributed by atoms with Gasteiger partial charge in [0.15, 0.2) is 5.65 Å². The number of rotatable bonds is 4. The van der Waals surface area contributed by atoms with Crippen molar-refractivity contribution in [3.63, 3.8) is 0 Å². The summed E-state index contributed by atoms with van der Waals surface area (Å²) >= 11 is 6.43. The Bertz CT molecular complexity index is 1700. The summed E-state index contributed by atoms with van der Waals surface area (Å²) in [5, 5.41) is 13.2. The third-order valence-corrected chi connectivity index (χ3v) is 8.51. The second-order valence-corrected chi connectivity index (χ2v) is 11.6. The number of sulfonamides is 1. The number of likely N-dealkylation sites (tertiary alicyclic amines) is 1. The first kappa shape index (κ1) is 24.8. The molecule has 196 valence electrons. The van der Waals surface area contributed by atoms with Gasteiger partial charge < -0.3 is 15.0 Å². The molecule has 10 nitrogen and oxygen atoms in total. The number of piperidine rings is 1. The van der Waals surface area contributed by atoms with Gasteiger partial charge in [0.2, 0.25) is 10.0 Å². The van der Waals surface area contributed by atoms with Crippen molar-refractivity contribution < 1.29 is 17.9 Å². The molecule has 2 aliphatic heterocycles. The van der Waals surface area contributed by atoms with Crippen LogP contribution in [0.4, 0.5) is 11.5 Å². The van der Waals surface area contributed by atoms with Crippen LogP contribution < -0.4 is 10.5 Å². The molecule has 2 aliphatic rings. The lowest BCUT2D eigenvalue weighted by atomic mass is 9.83. The molecular weight excluding hydrogens is 528 g/mol. The van der Waals surface area contributed by atoms with Gasteiger partial charge in [-0.2, -0.15) is 9.61 Å². The van der Waals surface area contributed by atoms with E-state index in [1.807, 2.05) is 31.2 Å². The molecule has 0 radical (unpaired) electrons. The molecule has 12 heteroatoms. The summed E-state index contributed by atoms with van der Waals surface area (Å²) < 4.78 is 31.7. The zero-order chi connectivity index (χ0) is 26.7. The molecule has 1 amide bonds. The number of nitrogens with zero attached hydrogens (tertiary/aromatic N) is 4. The molecule has 38 heavy (non-hydrogen) atoms. The second kappa shape index (κ2) is 9.05. The van der Waals surface area contributed by atoms with Crippen LogP contribution in [0.2, 0.25) is 5.02 Å². The van der Waals surface area contributed by atoms with Gasteiger partial charge in [-0.1, -0.05) is 41.9 Å². The van der Waals surface area contributed by atoms with E-state index in [1.165, 1.54) is 21.8 Å². The maximum absolute atomic E-state index is 13.8. The minimum absolute atomic E-state index is 0.00360. The first-order chi connectivity index (χ1) is 18.2. The summed E-state index contributed by atoms with van der Waals surface area (Å²) in [5.41, 5.74) is 3.70.